The van der Waals surface area contributed by atoms with Crippen LogP contribution >= 0.6 is 23.4 Å². The fourth-order valence-corrected chi connectivity index (χ4v) is 3.34. The van der Waals surface area contributed by atoms with Crippen LogP contribution in [-0.2, 0) is 6.54 Å². The molecule has 0 amide bonds. The molecule has 0 atom stereocenters. The second-order valence-electron chi connectivity index (χ2n) is 5.08. The summed E-state index contributed by atoms with van der Waals surface area (Å²) in [6.07, 6.45) is 0. The van der Waals surface area contributed by atoms with Crippen molar-refractivity contribution in [1.82, 2.24) is 14.8 Å². The number of non-ortho nitro benzene ring substituents is 1. The Morgan fingerprint density at radius 2 is 1.96 bits per heavy atom. The molecular weight excluding hydrogens is 348 g/mol. The summed E-state index contributed by atoms with van der Waals surface area (Å²) in [7, 11) is 0. The maximum absolute atomic E-state index is 10.8. The van der Waals surface area contributed by atoms with Crippen LogP contribution in [0.5, 0.6) is 0 Å². The highest BCUT2D eigenvalue weighted by atomic mass is 35.5. The van der Waals surface area contributed by atoms with E-state index >= 15 is 0 Å². The van der Waals surface area contributed by atoms with E-state index in [1.54, 1.807) is 6.07 Å². The number of aryl methyl sites for hydroxylation is 1. The highest BCUT2D eigenvalue weighted by Crippen LogP contribution is 2.34. The lowest BCUT2D eigenvalue weighted by atomic mass is 10.2. The number of aromatic nitrogens is 3. The van der Waals surface area contributed by atoms with E-state index in [4.69, 9.17) is 11.6 Å². The summed E-state index contributed by atoms with van der Waals surface area (Å²) in [5, 5.41) is 20.1. The van der Waals surface area contributed by atoms with Crippen LogP contribution in [0.25, 0.3) is 0 Å². The normalized spacial score (nSPS) is 10.8. The molecule has 3 rings (SSSR count). The van der Waals surface area contributed by atoms with Gasteiger partial charge in [-0.25, -0.2) is 0 Å². The quantitative estimate of drug-likeness (QED) is 0.499. The maximum Gasteiger partial charge on any atom is 0.270 e. The average molecular weight is 361 g/mol. The highest BCUT2D eigenvalue weighted by Gasteiger charge is 2.15. The molecule has 3 aromatic rings. The van der Waals surface area contributed by atoms with Crippen molar-refractivity contribution in [3.63, 3.8) is 0 Å². The average Bonchev–Trinajstić information content (AvgIpc) is 2.91. The van der Waals surface area contributed by atoms with Gasteiger partial charge in [-0.1, -0.05) is 41.9 Å². The molecule has 24 heavy (non-hydrogen) atoms. The first-order valence-corrected chi connectivity index (χ1v) is 8.29. The van der Waals surface area contributed by atoms with Crippen LogP contribution in [0.15, 0.2) is 58.6 Å². The molecule has 0 aliphatic rings. The monoisotopic (exact) mass is 360 g/mol. The second-order valence-corrected chi connectivity index (χ2v) is 6.49. The lowest BCUT2D eigenvalue weighted by Crippen LogP contribution is -2.03. The zero-order chi connectivity index (χ0) is 17.1. The Hall–Kier alpha value is -2.38. The lowest BCUT2D eigenvalue weighted by molar-refractivity contribution is -0.384. The van der Waals surface area contributed by atoms with Gasteiger partial charge in [0.2, 0.25) is 0 Å². The summed E-state index contributed by atoms with van der Waals surface area (Å²) < 4.78 is 1.98. The van der Waals surface area contributed by atoms with Crippen LogP contribution in [0.3, 0.4) is 0 Å². The summed E-state index contributed by atoms with van der Waals surface area (Å²) in [5.41, 5.74) is 1.10. The number of rotatable bonds is 5. The van der Waals surface area contributed by atoms with Gasteiger partial charge in [0.15, 0.2) is 5.16 Å². The fraction of sp³-hybridized carbons (Fsp3) is 0.125. The van der Waals surface area contributed by atoms with Crippen molar-refractivity contribution in [3.8, 4) is 0 Å². The van der Waals surface area contributed by atoms with Gasteiger partial charge < -0.3 is 4.57 Å². The van der Waals surface area contributed by atoms with E-state index in [-0.39, 0.29) is 5.69 Å². The molecule has 6 nitrogen and oxygen atoms in total. The van der Waals surface area contributed by atoms with E-state index in [1.165, 1.54) is 23.9 Å². The topological polar surface area (TPSA) is 73.8 Å². The Labute approximate surface area is 147 Å². The minimum Gasteiger partial charge on any atom is -0.301 e. The molecule has 0 unspecified atom stereocenters. The van der Waals surface area contributed by atoms with E-state index in [0.717, 1.165) is 11.4 Å². The molecule has 0 N–H and O–H groups in total. The molecule has 0 saturated heterocycles. The SMILES string of the molecule is Cc1nnc(Sc2ccc([N+](=O)[O-])cc2Cl)n1Cc1ccccc1. The number of nitrogens with zero attached hydrogens (tertiary/aromatic N) is 4. The van der Waals surface area contributed by atoms with Gasteiger partial charge in [-0.3, -0.25) is 10.1 Å². The molecule has 0 saturated carbocycles. The summed E-state index contributed by atoms with van der Waals surface area (Å²) in [6.45, 7) is 2.53. The molecule has 2 aromatic carbocycles. The summed E-state index contributed by atoms with van der Waals surface area (Å²) in [6, 6.07) is 14.4. The first kappa shape index (κ1) is 16.5. The minimum absolute atomic E-state index is 0.0358. The van der Waals surface area contributed by atoms with Gasteiger partial charge in [0.05, 0.1) is 16.5 Å². The van der Waals surface area contributed by atoms with Crippen molar-refractivity contribution < 1.29 is 4.92 Å². The number of halogens is 1. The van der Waals surface area contributed by atoms with E-state index < -0.39 is 4.92 Å². The third-order valence-electron chi connectivity index (χ3n) is 3.41. The zero-order valence-corrected chi connectivity index (χ0v) is 14.3. The molecule has 0 radical (unpaired) electrons. The van der Waals surface area contributed by atoms with Crippen LogP contribution in [0.4, 0.5) is 5.69 Å². The molecule has 1 aromatic heterocycles. The van der Waals surface area contributed by atoms with Gasteiger partial charge in [-0.2, -0.15) is 0 Å². The maximum atomic E-state index is 10.8. The third-order valence-corrected chi connectivity index (χ3v) is 4.90. The Bertz CT molecular complexity index is 883. The van der Waals surface area contributed by atoms with Crippen LogP contribution in [0.1, 0.15) is 11.4 Å². The highest BCUT2D eigenvalue weighted by molar-refractivity contribution is 7.99. The minimum atomic E-state index is -0.470. The fourth-order valence-electron chi connectivity index (χ4n) is 2.17. The van der Waals surface area contributed by atoms with E-state index in [2.05, 4.69) is 10.2 Å². The van der Waals surface area contributed by atoms with E-state index in [1.807, 2.05) is 41.8 Å². The zero-order valence-electron chi connectivity index (χ0n) is 12.7. The lowest BCUT2D eigenvalue weighted by Gasteiger charge is -2.09. The van der Waals surface area contributed by atoms with Crippen molar-refractivity contribution in [1.29, 1.82) is 0 Å². The number of nitro groups is 1. The van der Waals surface area contributed by atoms with Crippen LogP contribution in [0.2, 0.25) is 5.02 Å². The predicted octanol–water partition coefficient (Wildman–Crippen LogP) is 4.35. The van der Waals surface area contributed by atoms with Crippen molar-refractivity contribution in [2.75, 3.05) is 0 Å². The summed E-state index contributed by atoms with van der Waals surface area (Å²) in [5.74, 6) is 0.791. The Kier molecular flexibility index (Phi) is 4.82. The van der Waals surface area contributed by atoms with Crippen molar-refractivity contribution >= 4 is 29.1 Å². The molecule has 122 valence electrons. The third kappa shape index (κ3) is 3.58. The van der Waals surface area contributed by atoms with Gasteiger partial charge in [0, 0.05) is 17.0 Å². The summed E-state index contributed by atoms with van der Waals surface area (Å²) >= 11 is 7.50. The van der Waals surface area contributed by atoms with Gasteiger partial charge in [-0.05, 0) is 30.3 Å². The van der Waals surface area contributed by atoms with Crippen LogP contribution in [-0.4, -0.2) is 19.7 Å². The van der Waals surface area contributed by atoms with E-state index in [9.17, 15) is 10.1 Å². The molecule has 1 heterocycles. The summed E-state index contributed by atoms with van der Waals surface area (Å²) in [4.78, 5) is 11.0. The first-order valence-electron chi connectivity index (χ1n) is 7.10. The number of hydrogen-bond donors (Lipinski definition) is 0. The Balaban J connectivity index is 1.87. The van der Waals surface area contributed by atoms with Gasteiger partial charge in [0.1, 0.15) is 5.82 Å². The number of hydrogen-bond acceptors (Lipinski definition) is 5. The van der Waals surface area contributed by atoms with E-state index in [0.29, 0.717) is 21.6 Å². The molecule has 0 aliphatic heterocycles. The van der Waals surface area contributed by atoms with Crippen LogP contribution < -0.4 is 0 Å². The predicted molar refractivity (Wildman–Crippen MR) is 92.5 cm³/mol. The van der Waals surface area contributed by atoms with Crippen molar-refractivity contribution in [3.05, 3.63) is 75.1 Å². The van der Waals surface area contributed by atoms with Crippen molar-refractivity contribution in [2.24, 2.45) is 0 Å². The molecule has 0 aliphatic carbocycles. The molecule has 8 heteroatoms. The molecule has 0 spiro atoms. The molecule has 0 fully saturated rings. The van der Waals surface area contributed by atoms with Crippen molar-refractivity contribution in [2.45, 2.75) is 23.5 Å². The number of benzene rings is 2. The van der Waals surface area contributed by atoms with Gasteiger partial charge >= 0.3 is 0 Å². The van der Waals surface area contributed by atoms with Gasteiger partial charge in [0.25, 0.3) is 5.69 Å². The largest absolute Gasteiger partial charge is 0.301 e. The molecular formula is C16H13ClN4O2S. The standard InChI is InChI=1S/C16H13ClN4O2S/c1-11-18-19-16(20(11)10-12-5-3-2-4-6-12)24-15-8-7-13(21(22)23)9-14(15)17/h2-9H,10H2,1H3. The Morgan fingerprint density at radius 1 is 1.21 bits per heavy atom. The first-order chi connectivity index (χ1) is 11.5. The second kappa shape index (κ2) is 7.02. The van der Waals surface area contributed by atoms with Gasteiger partial charge in [-0.15, -0.1) is 10.2 Å². The number of nitro benzene ring substituents is 1. The van der Waals surface area contributed by atoms with Crippen LogP contribution in [0, 0.1) is 17.0 Å². The Morgan fingerprint density at radius 3 is 2.62 bits per heavy atom. The smallest absolute Gasteiger partial charge is 0.270 e. The molecule has 0 bridgehead atoms.